The molecule has 0 spiro atoms. The minimum Gasteiger partial charge on any atom is -0.385 e. The average molecular weight is 541 g/mol. The summed E-state index contributed by atoms with van der Waals surface area (Å²) in [4.78, 5) is 18.8. The monoisotopic (exact) mass is 541 g/mol. The molecule has 2 N–H and O–H groups in total. The zero-order valence-corrected chi connectivity index (χ0v) is 21.2. The summed E-state index contributed by atoms with van der Waals surface area (Å²) in [6, 6.07) is 13.5. The Labute approximate surface area is 202 Å². The molecule has 1 aromatic carbocycles. The molecule has 0 saturated carbocycles. The summed E-state index contributed by atoms with van der Waals surface area (Å²) in [5.74, 6) is 0.822. The molecule has 0 aliphatic heterocycles. The lowest BCUT2D eigenvalue weighted by Crippen LogP contribution is -2.41. The number of hydrogen-bond acceptors (Lipinski definition) is 4. The first-order valence-corrected chi connectivity index (χ1v) is 10.5. The van der Waals surface area contributed by atoms with E-state index in [1.165, 1.54) is 0 Å². The van der Waals surface area contributed by atoms with Crippen LogP contribution in [0.25, 0.3) is 0 Å². The van der Waals surface area contributed by atoms with Gasteiger partial charge in [-0.25, -0.2) is 4.99 Å². The third kappa shape index (κ3) is 10.8. The van der Waals surface area contributed by atoms with Crippen molar-refractivity contribution in [1.29, 1.82) is 0 Å². The number of aromatic nitrogens is 1. The van der Waals surface area contributed by atoms with Crippen LogP contribution in [0.3, 0.4) is 0 Å². The Hall–Kier alpha value is -1.91. The number of nitrogens with one attached hydrogen (secondary N) is 2. The molecule has 0 aliphatic rings. The summed E-state index contributed by atoms with van der Waals surface area (Å²) in [6.45, 7) is 7.65. The van der Waals surface area contributed by atoms with Crippen molar-refractivity contribution in [2.24, 2.45) is 4.99 Å². The van der Waals surface area contributed by atoms with Gasteiger partial charge in [-0.1, -0.05) is 30.3 Å². The number of ether oxygens (including phenoxy) is 1. The lowest BCUT2D eigenvalue weighted by molar-refractivity contribution is 0.180. The van der Waals surface area contributed by atoms with Crippen LogP contribution in [0, 0.1) is 0 Å². The fraction of sp³-hybridized carbons (Fsp3) is 0.478. The van der Waals surface area contributed by atoms with Crippen LogP contribution in [0.4, 0.5) is 0 Å². The van der Waals surface area contributed by atoms with Gasteiger partial charge in [0.1, 0.15) is 0 Å². The third-order valence-electron chi connectivity index (χ3n) is 4.71. The highest BCUT2D eigenvalue weighted by molar-refractivity contribution is 14.0. The Morgan fingerprint density at radius 2 is 1.84 bits per heavy atom. The van der Waals surface area contributed by atoms with E-state index in [-0.39, 0.29) is 29.5 Å². The van der Waals surface area contributed by atoms with Crippen molar-refractivity contribution in [3.63, 3.8) is 0 Å². The summed E-state index contributed by atoms with van der Waals surface area (Å²) in [6.07, 6.45) is 2.85. The van der Waals surface area contributed by atoms with Crippen molar-refractivity contribution < 1.29 is 4.74 Å². The second-order valence-corrected chi connectivity index (χ2v) is 7.25. The molecule has 172 valence electrons. The van der Waals surface area contributed by atoms with Gasteiger partial charge in [0.2, 0.25) is 0 Å². The Balaban J connectivity index is 0.00000480. The first-order chi connectivity index (χ1) is 14.6. The van der Waals surface area contributed by atoms with Gasteiger partial charge >= 0.3 is 0 Å². The van der Waals surface area contributed by atoms with E-state index in [1.807, 2.05) is 12.3 Å². The number of rotatable bonds is 12. The normalized spacial score (nSPS) is 11.3. The lowest BCUT2D eigenvalue weighted by Gasteiger charge is -2.18. The SMILES string of the molecule is CCNC(=NCc1ccc(Cn2ccccc2=O)cc1)NCCN(C)CCCOC.I. The van der Waals surface area contributed by atoms with Crippen LogP contribution in [0.1, 0.15) is 24.5 Å². The van der Waals surface area contributed by atoms with E-state index in [1.54, 1.807) is 23.8 Å². The number of benzene rings is 1. The fourth-order valence-electron chi connectivity index (χ4n) is 3.01. The lowest BCUT2D eigenvalue weighted by atomic mass is 10.1. The van der Waals surface area contributed by atoms with Crippen molar-refractivity contribution in [3.8, 4) is 0 Å². The van der Waals surface area contributed by atoms with Crippen molar-refractivity contribution in [1.82, 2.24) is 20.1 Å². The molecule has 0 saturated heterocycles. The summed E-state index contributed by atoms with van der Waals surface area (Å²) in [5.41, 5.74) is 2.24. The number of likely N-dealkylation sites (N-methyl/N-ethyl adjacent to an activating group) is 1. The number of hydrogen-bond donors (Lipinski definition) is 2. The molecule has 1 heterocycles. The molecule has 2 rings (SSSR count). The second kappa shape index (κ2) is 15.8. The number of guanidine groups is 1. The summed E-state index contributed by atoms with van der Waals surface area (Å²) in [7, 11) is 3.85. The topological polar surface area (TPSA) is 70.9 Å². The second-order valence-electron chi connectivity index (χ2n) is 7.25. The molecule has 1 aromatic heterocycles. The molecule has 0 radical (unpaired) electrons. The molecule has 0 unspecified atom stereocenters. The van der Waals surface area contributed by atoms with Crippen molar-refractivity contribution in [2.75, 3.05) is 46.9 Å². The molecule has 0 amide bonds. The van der Waals surface area contributed by atoms with E-state index in [2.05, 4.69) is 58.8 Å². The largest absolute Gasteiger partial charge is 0.385 e. The van der Waals surface area contributed by atoms with Crippen LogP contribution in [-0.2, 0) is 17.8 Å². The predicted octanol–water partition coefficient (Wildman–Crippen LogP) is 2.54. The van der Waals surface area contributed by atoms with Crippen LogP contribution >= 0.6 is 24.0 Å². The zero-order chi connectivity index (χ0) is 21.6. The highest BCUT2D eigenvalue weighted by Gasteiger charge is 2.02. The van der Waals surface area contributed by atoms with E-state index in [0.29, 0.717) is 13.1 Å². The maximum Gasteiger partial charge on any atom is 0.250 e. The van der Waals surface area contributed by atoms with Crippen LogP contribution < -0.4 is 16.2 Å². The number of aliphatic imine (C=N–C) groups is 1. The molecule has 7 nitrogen and oxygen atoms in total. The van der Waals surface area contributed by atoms with Gasteiger partial charge in [0.15, 0.2) is 5.96 Å². The van der Waals surface area contributed by atoms with Crippen molar-refractivity contribution >= 4 is 29.9 Å². The molecular formula is C23H36IN5O2. The van der Waals surface area contributed by atoms with Gasteiger partial charge in [-0.15, -0.1) is 24.0 Å². The van der Waals surface area contributed by atoms with E-state index in [9.17, 15) is 4.79 Å². The van der Waals surface area contributed by atoms with Crippen LogP contribution in [0.2, 0.25) is 0 Å². The highest BCUT2D eigenvalue weighted by atomic mass is 127. The number of pyridine rings is 1. The van der Waals surface area contributed by atoms with Gasteiger partial charge in [0, 0.05) is 52.2 Å². The Morgan fingerprint density at radius 3 is 2.52 bits per heavy atom. The maximum atomic E-state index is 11.8. The van der Waals surface area contributed by atoms with Crippen LogP contribution in [0.5, 0.6) is 0 Å². The first kappa shape index (κ1) is 27.1. The van der Waals surface area contributed by atoms with Gasteiger partial charge in [-0.05, 0) is 37.6 Å². The molecule has 31 heavy (non-hydrogen) atoms. The van der Waals surface area contributed by atoms with E-state index in [0.717, 1.165) is 56.3 Å². The molecule has 8 heteroatoms. The minimum absolute atomic E-state index is 0. The zero-order valence-electron chi connectivity index (χ0n) is 18.8. The van der Waals surface area contributed by atoms with Crippen molar-refractivity contribution in [2.45, 2.75) is 26.4 Å². The standard InChI is InChI=1S/C23H35N5O2.HI/c1-4-24-23(25-13-16-27(2)14-7-17-30-3)26-18-20-9-11-21(12-10-20)19-28-15-6-5-8-22(28)29;/h5-6,8-12,15H,4,7,13-14,16-19H2,1-3H3,(H2,24,25,26);1H. The van der Waals surface area contributed by atoms with Gasteiger partial charge in [0.25, 0.3) is 5.56 Å². The number of nitrogens with zero attached hydrogens (tertiary/aromatic N) is 3. The Morgan fingerprint density at radius 1 is 1.10 bits per heavy atom. The quantitative estimate of drug-likeness (QED) is 0.187. The first-order valence-electron chi connectivity index (χ1n) is 10.5. The van der Waals surface area contributed by atoms with Gasteiger partial charge in [0.05, 0.1) is 13.1 Å². The molecule has 2 aromatic rings. The Bertz CT molecular complexity index is 823. The summed E-state index contributed by atoms with van der Waals surface area (Å²) in [5, 5.41) is 6.68. The van der Waals surface area contributed by atoms with Crippen LogP contribution in [0.15, 0.2) is 58.4 Å². The van der Waals surface area contributed by atoms with Gasteiger partial charge in [-0.2, -0.15) is 0 Å². The molecule has 0 atom stereocenters. The Kier molecular flexibility index (Phi) is 13.8. The summed E-state index contributed by atoms with van der Waals surface area (Å²) < 4.78 is 6.80. The molecule has 0 bridgehead atoms. The smallest absolute Gasteiger partial charge is 0.250 e. The predicted molar refractivity (Wildman–Crippen MR) is 138 cm³/mol. The molecule has 0 fully saturated rings. The number of methoxy groups -OCH3 is 1. The maximum absolute atomic E-state index is 11.8. The van der Waals surface area contributed by atoms with Gasteiger partial charge in [-0.3, -0.25) is 4.79 Å². The molecular weight excluding hydrogens is 505 g/mol. The fourth-order valence-corrected chi connectivity index (χ4v) is 3.01. The average Bonchev–Trinajstić information content (AvgIpc) is 2.75. The van der Waals surface area contributed by atoms with Crippen LogP contribution in [-0.4, -0.2) is 62.4 Å². The minimum atomic E-state index is 0. The summed E-state index contributed by atoms with van der Waals surface area (Å²) >= 11 is 0. The third-order valence-corrected chi connectivity index (χ3v) is 4.71. The van der Waals surface area contributed by atoms with E-state index in [4.69, 9.17) is 4.74 Å². The molecule has 0 aliphatic carbocycles. The van der Waals surface area contributed by atoms with E-state index >= 15 is 0 Å². The van der Waals surface area contributed by atoms with E-state index < -0.39 is 0 Å². The van der Waals surface area contributed by atoms with Gasteiger partial charge < -0.3 is 24.8 Å². The number of halogens is 1. The highest BCUT2D eigenvalue weighted by Crippen LogP contribution is 2.07. The van der Waals surface area contributed by atoms with Crippen molar-refractivity contribution in [3.05, 3.63) is 70.1 Å².